The van der Waals surface area contributed by atoms with E-state index in [1.165, 1.54) is 6.33 Å². The first-order chi connectivity index (χ1) is 13.5. The van der Waals surface area contributed by atoms with Crippen LogP contribution in [0.3, 0.4) is 0 Å². The number of aromatic nitrogens is 5. The quantitative estimate of drug-likeness (QED) is 0.587. The minimum Gasteiger partial charge on any atom is -0.441 e. The van der Waals surface area contributed by atoms with Gasteiger partial charge in [0.15, 0.2) is 0 Å². The van der Waals surface area contributed by atoms with Crippen LogP contribution < -0.4 is 5.32 Å². The molecule has 8 nitrogen and oxygen atoms in total. The fourth-order valence-corrected chi connectivity index (χ4v) is 2.85. The van der Waals surface area contributed by atoms with E-state index in [1.54, 1.807) is 16.8 Å². The van der Waals surface area contributed by atoms with Crippen molar-refractivity contribution in [3.63, 3.8) is 0 Å². The maximum Gasteiger partial charge on any atom is 0.255 e. The molecule has 0 saturated heterocycles. The van der Waals surface area contributed by atoms with Gasteiger partial charge >= 0.3 is 0 Å². The highest BCUT2D eigenvalue weighted by atomic mass is 16.4. The van der Waals surface area contributed by atoms with Gasteiger partial charge in [-0.05, 0) is 73.2 Å². The van der Waals surface area contributed by atoms with E-state index in [0.29, 0.717) is 17.1 Å². The smallest absolute Gasteiger partial charge is 0.255 e. The van der Waals surface area contributed by atoms with E-state index in [-0.39, 0.29) is 5.91 Å². The van der Waals surface area contributed by atoms with Crippen LogP contribution in [0.25, 0.3) is 17.1 Å². The number of tetrazole rings is 1. The van der Waals surface area contributed by atoms with Crippen molar-refractivity contribution in [1.29, 1.82) is 0 Å². The molecule has 0 bridgehead atoms. The highest BCUT2D eigenvalue weighted by Crippen LogP contribution is 2.24. The van der Waals surface area contributed by atoms with Gasteiger partial charge in [0, 0.05) is 16.8 Å². The third-order valence-electron chi connectivity index (χ3n) is 4.45. The second kappa shape index (κ2) is 7.07. The Hall–Kier alpha value is -3.81. The Morgan fingerprint density at radius 2 is 1.96 bits per heavy atom. The average molecular weight is 374 g/mol. The second-order valence-electron chi connectivity index (χ2n) is 6.45. The normalized spacial score (nSPS) is 10.8. The summed E-state index contributed by atoms with van der Waals surface area (Å²) in [5.41, 5.74) is 4.57. The number of benzene rings is 2. The van der Waals surface area contributed by atoms with Crippen molar-refractivity contribution in [1.82, 2.24) is 25.2 Å². The van der Waals surface area contributed by atoms with Crippen molar-refractivity contribution in [2.75, 3.05) is 5.32 Å². The minimum atomic E-state index is -0.205. The van der Waals surface area contributed by atoms with Crippen LogP contribution in [-0.2, 0) is 0 Å². The van der Waals surface area contributed by atoms with Crippen LogP contribution in [0.5, 0.6) is 0 Å². The standard InChI is InChI=1S/C20H18N6O2/c1-12-9-15(7-8-18(12)26-11-21-24-25-26)19(27)23-17-6-4-5-16(10-17)20-22-13(2)14(3)28-20/h4-11H,1-3H3,(H,23,27). The Kier molecular flexibility index (Phi) is 4.44. The number of aryl methyl sites for hydroxylation is 3. The van der Waals surface area contributed by atoms with E-state index in [0.717, 1.165) is 28.3 Å². The van der Waals surface area contributed by atoms with Crippen molar-refractivity contribution in [2.24, 2.45) is 0 Å². The van der Waals surface area contributed by atoms with Crippen molar-refractivity contribution in [2.45, 2.75) is 20.8 Å². The van der Waals surface area contributed by atoms with Crippen LogP contribution in [-0.4, -0.2) is 31.1 Å². The van der Waals surface area contributed by atoms with E-state index < -0.39 is 0 Å². The molecule has 0 spiro atoms. The highest BCUT2D eigenvalue weighted by molar-refractivity contribution is 6.04. The van der Waals surface area contributed by atoms with Gasteiger partial charge in [-0.15, -0.1) is 5.10 Å². The van der Waals surface area contributed by atoms with Gasteiger partial charge in [-0.25, -0.2) is 9.67 Å². The Morgan fingerprint density at radius 1 is 1.11 bits per heavy atom. The van der Waals surface area contributed by atoms with E-state index in [4.69, 9.17) is 4.42 Å². The monoisotopic (exact) mass is 374 g/mol. The molecular weight excluding hydrogens is 356 g/mol. The number of rotatable bonds is 4. The topological polar surface area (TPSA) is 98.7 Å². The van der Waals surface area contributed by atoms with Gasteiger partial charge in [-0.1, -0.05) is 6.07 Å². The van der Waals surface area contributed by atoms with Gasteiger partial charge < -0.3 is 9.73 Å². The zero-order chi connectivity index (χ0) is 19.7. The van der Waals surface area contributed by atoms with Crippen LogP contribution in [0, 0.1) is 20.8 Å². The van der Waals surface area contributed by atoms with Crippen LogP contribution in [0.15, 0.2) is 53.2 Å². The molecule has 0 unspecified atom stereocenters. The fourth-order valence-electron chi connectivity index (χ4n) is 2.85. The number of hydrogen-bond donors (Lipinski definition) is 1. The first-order valence-corrected chi connectivity index (χ1v) is 8.71. The van der Waals surface area contributed by atoms with Crippen molar-refractivity contribution < 1.29 is 9.21 Å². The third kappa shape index (κ3) is 3.39. The second-order valence-corrected chi connectivity index (χ2v) is 6.45. The molecule has 2 aromatic heterocycles. The predicted octanol–water partition coefficient (Wildman–Crippen LogP) is 3.49. The largest absolute Gasteiger partial charge is 0.441 e. The molecule has 0 aliphatic rings. The molecule has 1 amide bonds. The molecule has 0 fully saturated rings. The first-order valence-electron chi connectivity index (χ1n) is 8.71. The van der Waals surface area contributed by atoms with Gasteiger partial charge in [0.05, 0.1) is 11.4 Å². The van der Waals surface area contributed by atoms with E-state index in [2.05, 4.69) is 25.8 Å². The SMILES string of the molecule is Cc1cc(C(=O)Nc2cccc(-c3nc(C)c(C)o3)c2)ccc1-n1cnnn1. The van der Waals surface area contributed by atoms with Crippen LogP contribution >= 0.6 is 0 Å². The molecule has 0 atom stereocenters. The summed E-state index contributed by atoms with van der Waals surface area (Å²) >= 11 is 0. The summed E-state index contributed by atoms with van der Waals surface area (Å²) in [5, 5.41) is 14.1. The van der Waals surface area contributed by atoms with Gasteiger partial charge in [-0.3, -0.25) is 4.79 Å². The molecule has 2 aromatic carbocycles. The number of oxazole rings is 1. The zero-order valence-corrected chi connectivity index (χ0v) is 15.7. The number of carbonyl (C=O) groups is 1. The summed E-state index contributed by atoms with van der Waals surface area (Å²) in [6.07, 6.45) is 1.51. The fraction of sp³-hybridized carbons (Fsp3) is 0.150. The van der Waals surface area contributed by atoms with Crippen molar-refractivity contribution >= 4 is 11.6 Å². The summed E-state index contributed by atoms with van der Waals surface area (Å²) in [6, 6.07) is 12.8. The summed E-state index contributed by atoms with van der Waals surface area (Å²) < 4.78 is 7.22. The van der Waals surface area contributed by atoms with Crippen LogP contribution in [0.2, 0.25) is 0 Å². The average Bonchev–Trinajstić information content (AvgIpc) is 3.32. The number of hydrogen-bond acceptors (Lipinski definition) is 6. The maximum absolute atomic E-state index is 12.7. The van der Waals surface area contributed by atoms with Crippen molar-refractivity contribution in [3.05, 3.63) is 71.4 Å². The van der Waals surface area contributed by atoms with Gasteiger partial charge in [0.2, 0.25) is 5.89 Å². The lowest BCUT2D eigenvalue weighted by atomic mass is 10.1. The van der Waals surface area contributed by atoms with Gasteiger partial charge in [0.25, 0.3) is 5.91 Å². The van der Waals surface area contributed by atoms with Crippen molar-refractivity contribution in [3.8, 4) is 17.1 Å². The van der Waals surface area contributed by atoms with Crippen LogP contribution in [0.1, 0.15) is 27.4 Å². The Morgan fingerprint density at radius 3 is 2.64 bits per heavy atom. The summed E-state index contributed by atoms with van der Waals surface area (Å²) in [6.45, 7) is 5.68. The molecule has 0 aliphatic heterocycles. The molecule has 0 saturated carbocycles. The number of nitrogens with zero attached hydrogens (tertiary/aromatic N) is 5. The molecule has 4 rings (SSSR count). The molecule has 0 aliphatic carbocycles. The molecule has 1 N–H and O–H groups in total. The third-order valence-corrected chi connectivity index (χ3v) is 4.45. The predicted molar refractivity (Wildman–Crippen MR) is 103 cm³/mol. The summed E-state index contributed by atoms with van der Waals surface area (Å²) in [4.78, 5) is 17.1. The highest BCUT2D eigenvalue weighted by Gasteiger charge is 2.12. The molecule has 2 heterocycles. The minimum absolute atomic E-state index is 0.205. The van der Waals surface area contributed by atoms with E-state index in [9.17, 15) is 4.79 Å². The Bertz CT molecular complexity index is 1130. The molecule has 0 radical (unpaired) electrons. The summed E-state index contributed by atoms with van der Waals surface area (Å²) in [7, 11) is 0. The molecule has 8 heteroatoms. The number of carbonyl (C=O) groups excluding carboxylic acids is 1. The van der Waals surface area contributed by atoms with Gasteiger partial charge in [0.1, 0.15) is 12.1 Å². The Balaban J connectivity index is 1.55. The lowest BCUT2D eigenvalue weighted by molar-refractivity contribution is 0.102. The first kappa shape index (κ1) is 17.6. The molecular formula is C20H18N6O2. The molecule has 140 valence electrons. The lowest BCUT2D eigenvalue weighted by Gasteiger charge is -2.09. The van der Waals surface area contributed by atoms with E-state index in [1.807, 2.05) is 51.1 Å². The molecule has 4 aromatic rings. The molecule has 28 heavy (non-hydrogen) atoms. The van der Waals surface area contributed by atoms with E-state index >= 15 is 0 Å². The Labute approximate surface area is 161 Å². The van der Waals surface area contributed by atoms with Gasteiger partial charge in [-0.2, -0.15) is 0 Å². The number of amides is 1. The lowest BCUT2D eigenvalue weighted by Crippen LogP contribution is -2.12. The van der Waals surface area contributed by atoms with Crippen LogP contribution in [0.4, 0.5) is 5.69 Å². The summed E-state index contributed by atoms with van der Waals surface area (Å²) in [5.74, 6) is 1.11. The zero-order valence-electron chi connectivity index (χ0n) is 15.7. The maximum atomic E-state index is 12.7. The number of anilines is 1. The number of nitrogens with one attached hydrogen (secondary N) is 1.